The Labute approximate surface area is 90.3 Å². The number of amides is 1. The molecular weight excluding hydrogens is 210 g/mol. The molecule has 1 atom stereocenters. The summed E-state index contributed by atoms with van der Waals surface area (Å²) in [7, 11) is -0.655. The fourth-order valence-corrected chi connectivity index (χ4v) is 1.78. The number of carbonyl (C=O) groups is 1. The molecule has 1 unspecified atom stereocenters. The molecule has 2 N–H and O–H groups in total. The van der Waals surface area contributed by atoms with E-state index < -0.39 is 8.32 Å². The lowest BCUT2D eigenvalue weighted by atomic mass is 10.1. The Bertz CT molecular complexity index is 233. The Kier molecular flexibility index (Phi) is 5.14. The molecule has 0 saturated heterocycles. The van der Waals surface area contributed by atoms with Crippen molar-refractivity contribution in [3.05, 3.63) is 11.8 Å². The summed E-state index contributed by atoms with van der Waals surface area (Å²) in [6.07, 6.45) is 2.55. The number of rotatable bonds is 5. The highest BCUT2D eigenvalue weighted by Gasteiger charge is 2.17. The molecular formula is C9H21NO2Si2. The minimum Gasteiger partial charge on any atom is -0.549 e. The molecule has 0 aliphatic carbocycles. The summed E-state index contributed by atoms with van der Waals surface area (Å²) in [5, 5.41) is 0. The number of primary amides is 1. The Morgan fingerprint density at radius 2 is 2.07 bits per heavy atom. The first-order valence-electron chi connectivity index (χ1n) is 4.95. The topological polar surface area (TPSA) is 52.3 Å². The molecule has 0 heterocycles. The van der Waals surface area contributed by atoms with Gasteiger partial charge in [0.2, 0.25) is 14.2 Å². The van der Waals surface area contributed by atoms with Crippen molar-refractivity contribution >= 4 is 24.5 Å². The van der Waals surface area contributed by atoms with Crippen molar-refractivity contribution in [1.29, 1.82) is 0 Å². The molecule has 82 valence electrons. The zero-order chi connectivity index (χ0) is 11.4. The molecule has 3 nitrogen and oxygen atoms in total. The van der Waals surface area contributed by atoms with Gasteiger partial charge in [0, 0.05) is 15.8 Å². The summed E-state index contributed by atoms with van der Waals surface area (Å²) in [6, 6.07) is 0. The Morgan fingerprint density at radius 3 is 2.36 bits per heavy atom. The van der Waals surface area contributed by atoms with E-state index in [2.05, 4.69) is 26.6 Å². The van der Waals surface area contributed by atoms with Crippen molar-refractivity contribution in [3.63, 3.8) is 0 Å². The van der Waals surface area contributed by atoms with Crippen LogP contribution in [0.1, 0.15) is 13.3 Å². The van der Waals surface area contributed by atoms with Crippen molar-refractivity contribution in [2.24, 2.45) is 5.73 Å². The second-order valence-corrected chi connectivity index (χ2v) is 10.3. The van der Waals surface area contributed by atoms with E-state index in [4.69, 9.17) is 10.2 Å². The van der Waals surface area contributed by atoms with E-state index >= 15 is 0 Å². The maximum absolute atomic E-state index is 11.1. The minimum atomic E-state index is -1.59. The van der Waals surface area contributed by atoms with E-state index in [-0.39, 0.29) is 5.91 Å². The molecule has 0 aromatic carbocycles. The van der Waals surface area contributed by atoms with Gasteiger partial charge in [0.15, 0.2) is 0 Å². The quantitative estimate of drug-likeness (QED) is 0.432. The minimum absolute atomic E-state index is 0.309. The van der Waals surface area contributed by atoms with Crippen molar-refractivity contribution in [3.8, 4) is 0 Å². The molecule has 14 heavy (non-hydrogen) atoms. The van der Waals surface area contributed by atoms with Gasteiger partial charge in [0.25, 0.3) is 0 Å². The molecule has 0 spiro atoms. The summed E-state index contributed by atoms with van der Waals surface area (Å²) in [5.41, 5.74) is 6.26. The molecule has 0 fully saturated rings. The normalized spacial score (nSPS) is 15.3. The van der Waals surface area contributed by atoms with Crippen LogP contribution < -0.4 is 5.73 Å². The van der Waals surface area contributed by atoms with Crippen LogP contribution in [0.15, 0.2) is 11.8 Å². The van der Waals surface area contributed by atoms with Crippen LogP contribution in [-0.2, 0) is 9.22 Å². The second kappa shape index (κ2) is 5.36. The molecule has 0 aromatic heterocycles. The van der Waals surface area contributed by atoms with Gasteiger partial charge in [-0.1, -0.05) is 13.3 Å². The number of hydrogen-bond acceptors (Lipinski definition) is 2. The van der Waals surface area contributed by atoms with Crippen LogP contribution in [0.5, 0.6) is 0 Å². The molecule has 0 aliphatic heterocycles. The third kappa shape index (κ3) is 5.23. The highest BCUT2D eigenvalue weighted by atomic mass is 28.4. The zero-order valence-electron chi connectivity index (χ0n) is 9.76. The number of hydrogen-bond donors (Lipinski definition) is 1. The van der Waals surface area contributed by atoms with Crippen LogP contribution in [-0.4, -0.2) is 24.5 Å². The summed E-state index contributed by atoms with van der Waals surface area (Å²) in [5.74, 6) is -0.342. The first-order valence-corrected chi connectivity index (χ1v) is 9.52. The lowest BCUT2D eigenvalue weighted by molar-refractivity contribution is -0.114. The van der Waals surface area contributed by atoms with E-state index in [1.807, 2.05) is 0 Å². The smallest absolute Gasteiger partial charge is 0.247 e. The highest BCUT2D eigenvalue weighted by molar-refractivity contribution is 6.69. The van der Waals surface area contributed by atoms with E-state index in [1.54, 1.807) is 6.26 Å². The summed E-state index contributed by atoms with van der Waals surface area (Å²) < 4.78 is 5.57. The van der Waals surface area contributed by atoms with E-state index in [9.17, 15) is 4.79 Å². The Hall–Kier alpha value is -0.556. The zero-order valence-corrected chi connectivity index (χ0v) is 12.8. The lowest BCUT2D eigenvalue weighted by Crippen LogP contribution is -2.25. The fourth-order valence-electron chi connectivity index (χ4n) is 0.877. The van der Waals surface area contributed by atoms with Gasteiger partial charge in [-0.15, -0.1) is 0 Å². The number of nitrogens with two attached hydrogens (primary N) is 1. The fraction of sp³-hybridized carbons (Fsp3) is 0.667. The van der Waals surface area contributed by atoms with Gasteiger partial charge in [0.1, 0.15) is 0 Å². The van der Waals surface area contributed by atoms with Gasteiger partial charge in [-0.05, 0) is 25.2 Å². The molecule has 0 bridgehead atoms. The monoisotopic (exact) mass is 231 g/mol. The van der Waals surface area contributed by atoms with Gasteiger partial charge in [0.05, 0.1) is 6.26 Å². The van der Waals surface area contributed by atoms with E-state index in [1.165, 1.54) is 0 Å². The molecule has 0 rings (SSSR count). The van der Waals surface area contributed by atoms with Gasteiger partial charge < -0.3 is 10.2 Å². The first kappa shape index (κ1) is 13.4. The van der Waals surface area contributed by atoms with Gasteiger partial charge in [-0.25, -0.2) is 0 Å². The summed E-state index contributed by atoms with van der Waals surface area (Å²) in [4.78, 5) is 11.1. The predicted octanol–water partition coefficient (Wildman–Crippen LogP) is 0.771. The SMILES string of the molecule is CCC([SiH3])C(=CO[Si](C)(C)C)C(N)=O. The lowest BCUT2D eigenvalue weighted by Gasteiger charge is -2.18. The van der Waals surface area contributed by atoms with Gasteiger partial charge >= 0.3 is 0 Å². The number of carbonyl (C=O) groups excluding carboxylic acids is 1. The van der Waals surface area contributed by atoms with Crippen molar-refractivity contribution in [2.75, 3.05) is 0 Å². The predicted molar refractivity (Wildman–Crippen MR) is 65.7 cm³/mol. The van der Waals surface area contributed by atoms with Crippen LogP contribution in [0.2, 0.25) is 25.2 Å². The molecule has 0 saturated carbocycles. The molecule has 0 radical (unpaired) electrons. The largest absolute Gasteiger partial charge is 0.549 e. The maximum atomic E-state index is 11.1. The van der Waals surface area contributed by atoms with Crippen LogP contribution in [0.25, 0.3) is 0 Å². The van der Waals surface area contributed by atoms with E-state index in [0.717, 1.165) is 16.7 Å². The van der Waals surface area contributed by atoms with E-state index in [0.29, 0.717) is 11.1 Å². The van der Waals surface area contributed by atoms with Gasteiger partial charge in [-0.2, -0.15) is 0 Å². The molecule has 5 heteroatoms. The molecule has 0 aromatic rings. The summed E-state index contributed by atoms with van der Waals surface area (Å²) in [6.45, 7) is 8.30. The highest BCUT2D eigenvalue weighted by Crippen LogP contribution is 2.18. The third-order valence-corrected chi connectivity index (χ3v) is 4.23. The first-order chi connectivity index (χ1) is 6.28. The van der Waals surface area contributed by atoms with Crippen molar-refractivity contribution in [1.82, 2.24) is 0 Å². The van der Waals surface area contributed by atoms with Crippen molar-refractivity contribution in [2.45, 2.75) is 38.5 Å². The average molecular weight is 231 g/mol. The van der Waals surface area contributed by atoms with Crippen LogP contribution in [0.3, 0.4) is 0 Å². The molecule has 0 aliphatic rings. The van der Waals surface area contributed by atoms with Gasteiger partial charge in [-0.3, -0.25) is 4.79 Å². The average Bonchev–Trinajstić information content (AvgIpc) is 2.01. The maximum Gasteiger partial charge on any atom is 0.247 e. The summed E-state index contributed by atoms with van der Waals surface area (Å²) >= 11 is 0. The standard InChI is InChI=1S/C9H21NO2Si2/c1-5-8(13)7(9(10)11)6-12-14(2,3)4/h6,8H,5H2,1-4,13H3,(H2,10,11). The van der Waals surface area contributed by atoms with Crippen molar-refractivity contribution < 1.29 is 9.22 Å². The Balaban J connectivity index is 4.58. The van der Waals surface area contributed by atoms with Crippen LogP contribution in [0.4, 0.5) is 0 Å². The second-order valence-electron chi connectivity index (χ2n) is 4.48. The third-order valence-electron chi connectivity index (χ3n) is 1.97. The van der Waals surface area contributed by atoms with Crippen LogP contribution in [0, 0.1) is 0 Å². The molecule has 1 amide bonds. The Morgan fingerprint density at radius 1 is 1.57 bits per heavy atom. The van der Waals surface area contributed by atoms with Crippen LogP contribution >= 0.6 is 0 Å².